The second-order valence-corrected chi connectivity index (χ2v) is 7.87. The minimum absolute atomic E-state index is 0.190. The number of rotatable bonds is 2. The molecule has 0 spiro atoms. The van der Waals surface area contributed by atoms with Gasteiger partial charge in [0.2, 0.25) is 11.4 Å². The lowest BCUT2D eigenvalue weighted by atomic mass is 9.98. The first-order valence-corrected chi connectivity index (χ1v) is 9.99. The Kier molecular flexibility index (Phi) is 4.17. The first kappa shape index (κ1) is 18.5. The van der Waals surface area contributed by atoms with Gasteiger partial charge in [-0.2, -0.15) is 0 Å². The van der Waals surface area contributed by atoms with Crippen molar-refractivity contribution in [1.82, 2.24) is 4.98 Å². The van der Waals surface area contributed by atoms with Crippen LogP contribution in [-0.2, 0) is 7.05 Å². The van der Waals surface area contributed by atoms with Gasteiger partial charge in [0.15, 0.2) is 11.8 Å². The van der Waals surface area contributed by atoms with E-state index >= 15 is 0 Å². The van der Waals surface area contributed by atoms with Gasteiger partial charge in [0.05, 0.1) is 5.56 Å². The fraction of sp³-hybridized carbons (Fsp3) is 0.154. The summed E-state index contributed by atoms with van der Waals surface area (Å²) < 4.78 is 22.3. The molecule has 4 heteroatoms. The maximum Gasteiger partial charge on any atom is 0.227 e. The number of hydrogen-bond acceptors (Lipinski definition) is 2. The van der Waals surface area contributed by atoms with Crippen LogP contribution in [0.4, 0.5) is 4.39 Å². The summed E-state index contributed by atoms with van der Waals surface area (Å²) >= 11 is 0. The molecule has 0 amide bonds. The number of furan rings is 1. The number of fused-ring (bicyclic) bond motifs is 3. The van der Waals surface area contributed by atoms with E-state index in [-0.39, 0.29) is 5.82 Å². The lowest BCUT2D eigenvalue weighted by molar-refractivity contribution is -0.659. The predicted molar refractivity (Wildman–Crippen MR) is 118 cm³/mol. The van der Waals surface area contributed by atoms with Crippen molar-refractivity contribution in [2.75, 3.05) is 0 Å². The molecular weight excluding hydrogens is 375 g/mol. The minimum Gasteiger partial charge on any atom is -0.437 e. The van der Waals surface area contributed by atoms with E-state index in [0.717, 1.165) is 50.0 Å². The molecule has 148 valence electrons. The van der Waals surface area contributed by atoms with Crippen LogP contribution in [0, 0.1) is 26.6 Å². The molecule has 3 heterocycles. The molecular formula is C26H22FN2O+. The van der Waals surface area contributed by atoms with E-state index in [9.17, 15) is 4.39 Å². The minimum atomic E-state index is -0.190. The highest BCUT2D eigenvalue weighted by atomic mass is 19.1. The lowest BCUT2D eigenvalue weighted by Crippen LogP contribution is -2.31. The van der Waals surface area contributed by atoms with E-state index in [1.807, 2.05) is 45.3 Å². The Labute approximate surface area is 174 Å². The van der Waals surface area contributed by atoms with E-state index in [0.29, 0.717) is 11.3 Å². The number of benzene rings is 2. The normalized spacial score (nSPS) is 11.5. The van der Waals surface area contributed by atoms with Crippen molar-refractivity contribution in [2.24, 2.45) is 7.05 Å². The smallest absolute Gasteiger partial charge is 0.227 e. The van der Waals surface area contributed by atoms with Crippen LogP contribution < -0.4 is 4.57 Å². The molecule has 0 aliphatic carbocycles. The van der Waals surface area contributed by atoms with Crippen LogP contribution in [0.25, 0.3) is 44.5 Å². The summed E-state index contributed by atoms with van der Waals surface area (Å²) in [5.41, 5.74) is 8.17. The fourth-order valence-electron chi connectivity index (χ4n) is 4.18. The van der Waals surface area contributed by atoms with Gasteiger partial charge in [-0.3, -0.25) is 0 Å². The van der Waals surface area contributed by atoms with Crippen LogP contribution in [0.3, 0.4) is 0 Å². The third-order valence-corrected chi connectivity index (χ3v) is 5.82. The van der Waals surface area contributed by atoms with E-state index in [2.05, 4.69) is 40.7 Å². The summed E-state index contributed by atoms with van der Waals surface area (Å²) in [5.74, 6) is -0.190. The fourth-order valence-corrected chi connectivity index (χ4v) is 4.18. The highest BCUT2D eigenvalue weighted by Crippen LogP contribution is 2.36. The SMILES string of the molecule is Cc1ccc2c(n1)oc1c(-c3ccc(-c4cccc(F)c4C)c[n+]3C)c(C)ccc12. The van der Waals surface area contributed by atoms with Crippen LogP contribution >= 0.6 is 0 Å². The summed E-state index contributed by atoms with van der Waals surface area (Å²) in [5, 5.41) is 2.08. The molecule has 3 aromatic heterocycles. The van der Waals surface area contributed by atoms with Gasteiger partial charge in [-0.1, -0.05) is 24.3 Å². The molecule has 0 bridgehead atoms. The number of hydrogen-bond donors (Lipinski definition) is 0. The molecule has 0 saturated heterocycles. The van der Waals surface area contributed by atoms with E-state index in [1.165, 1.54) is 6.07 Å². The molecule has 0 aliphatic heterocycles. The highest BCUT2D eigenvalue weighted by Gasteiger charge is 2.22. The Morgan fingerprint density at radius 3 is 2.50 bits per heavy atom. The van der Waals surface area contributed by atoms with Crippen LogP contribution in [-0.4, -0.2) is 4.98 Å². The van der Waals surface area contributed by atoms with Crippen molar-refractivity contribution < 1.29 is 13.4 Å². The third kappa shape index (κ3) is 2.79. The number of aryl methyl sites for hydroxylation is 3. The lowest BCUT2D eigenvalue weighted by Gasteiger charge is -2.09. The van der Waals surface area contributed by atoms with Gasteiger partial charge < -0.3 is 4.42 Å². The Hall–Kier alpha value is -3.53. The molecule has 0 aliphatic rings. The zero-order chi connectivity index (χ0) is 21.0. The summed E-state index contributed by atoms with van der Waals surface area (Å²) in [6.45, 7) is 5.87. The van der Waals surface area contributed by atoms with Gasteiger partial charge in [0, 0.05) is 28.1 Å². The first-order valence-electron chi connectivity index (χ1n) is 9.99. The molecule has 0 unspecified atom stereocenters. The zero-order valence-electron chi connectivity index (χ0n) is 17.5. The monoisotopic (exact) mass is 397 g/mol. The Morgan fingerprint density at radius 2 is 1.70 bits per heavy atom. The number of nitrogens with zero attached hydrogens (tertiary/aromatic N) is 2. The number of aromatic nitrogens is 2. The predicted octanol–water partition coefficient (Wildman–Crippen LogP) is 6.20. The average molecular weight is 397 g/mol. The molecule has 0 saturated carbocycles. The molecule has 5 rings (SSSR count). The Morgan fingerprint density at radius 1 is 0.900 bits per heavy atom. The third-order valence-electron chi connectivity index (χ3n) is 5.82. The van der Waals surface area contributed by atoms with Crippen molar-refractivity contribution in [3.63, 3.8) is 0 Å². The largest absolute Gasteiger partial charge is 0.437 e. The maximum absolute atomic E-state index is 14.0. The Bertz CT molecular complexity index is 1450. The summed E-state index contributed by atoms with van der Waals surface area (Å²) in [6.07, 6.45) is 2.04. The van der Waals surface area contributed by atoms with Crippen molar-refractivity contribution in [1.29, 1.82) is 0 Å². The van der Waals surface area contributed by atoms with Gasteiger partial charge in [0.1, 0.15) is 12.9 Å². The number of pyridine rings is 2. The first-order chi connectivity index (χ1) is 14.4. The zero-order valence-corrected chi connectivity index (χ0v) is 17.5. The van der Waals surface area contributed by atoms with Crippen LogP contribution in [0.1, 0.15) is 16.8 Å². The topological polar surface area (TPSA) is 29.9 Å². The van der Waals surface area contributed by atoms with Gasteiger partial charge in [-0.25, -0.2) is 13.9 Å². The summed E-state index contributed by atoms with van der Waals surface area (Å²) in [7, 11) is 2.01. The summed E-state index contributed by atoms with van der Waals surface area (Å²) in [6, 6.07) is 17.6. The Balaban J connectivity index is 1.73. The van der Waals surface area contributed by atoms with E-state index < -0.39 is 0 Å². The van der Waals surface area contributed by atoms with Crippen molar-refractivity contribution >= 4 is 22.1 Å². The molecule has 5 aromatic rings. The van der Waals surface area contributed by atoms with Crippen molar-refractivity contribution in [3.8, 4) is 22.4 Å². The van der Waals surface area contributed by atoms with Crippen LogP contribution in [0.2, 0.25) is 0 Å². The van der Waals surface area contributed by atoms with Gasteiger partial charge in [-0.05, 0) is 61.7 Å². The van der Waals surface area contributed by atoms with Gasteiger partial charge in [0.25, 0.3) is 0 Å². The molecule has 0 N–H and O–H groups in total. The number of halogens is 1. The highest BCUT2D eigenvalue weighted by molar-refractivity contribution is 6.08. The second kappa shape index (κ2) is 6.77. The standard InChI is InChI=1S/C26H22FN2O/c1-15-8-11-20-21-12-9-16(2)28-26(21)30-25(20)24(15)23-13-10-18(14-29(23)4)19-6-5-7-22(27)17(19)3/h5-14H,1-4H3/q+1. The van der Waals surface area contributed by atoms with E-state index in [4.69, 9.17) is 4.42 Å². The maximum atomic E-state index is 14.0. The molecule has 0 fully saturated rings. The van der Waals surface area contributed by atoms with Crippen molar-refractivity contribution in [2.45, 2.75) is 20.8 Å². The van der Waals surface area contributed by atoms with Crippen LogP contribution in [0.5, 0.6) is 0 Å². The second-order valence-electron chi connectivity index (χ2n) is 7.87. The van der Waals surface area contributed by atoms with Crippen molar-refractivity contribution in [3.05, 3.63) is 83.4 Å². The molecule has 30 heavy (non-hydrogen) atoms. The average Bonchev–Trinajstić information content (AvgIpc) is 3.08. The molecule has 3 nitrogen and oxygen atoms in total. The quantitative estimate of drug-likeness (QED) is 0.332. The molecule has 0 radical (unpaired) electrons. The van der Waals surface area contributed by atoms with E-state index in [1.54, 1.807) is 6.07 Å². The molecule has 0 atom stereocenters. The van der Waals surface area contributed by atoms with Gasteiger partial charge >= 0.3 is 0 Å². The summed E-state index contributed by atoms with van der Waals surface area (Å²) in [4.78, 5) is 4.56. The van der Waals surface area contributed by atoms with Gasteiger partial charge in [-0.15, -0.1) is 0 Å². The molecule has 2 aromatic carbocycles. The van der Waals surface area contributed by atoms with Crippen LogP contribution in [0.15, 0.2) is 65.2 Å².